The van der Waals surface area contributed by atoms with Gasteiger partial charge in [-0.1, -0.05) is 135 Å². The van der Waals surface area contributed by atoms with E-state index in [1.807, 2.05) is 24.3 Å². The predicted octanol–water partition coefficient (Wildman–Crippen LogP) is 10.0. The Morgan fingerprint density at radius 1 is 0.706 bits per heavy atom. The fourth-order valence-corrected chi connectivity index (χ4v) is 4.38. The number of nitrogens with one attached hydrogen (secondary N) is 1. The molecule has 0 spiro atoms. The van der Waals surface area contributed by atoms with E-state index in [9.17, 15) is 4.79 Å². The third-order valence-electron chi connectivity index (χ3n) is 6.51. The van der Waals surface area contributed by atoms with Gasteiger partial charge in [0.2, 0.25) is 5.91 Å². The third kappa shape index (κ3) is 18.6. The molecule has 0 atom stereocenters. The lowest BCUT2D eigenvalue weighted by molar-refractivity contribution is -0.116. The molecular weight excluding hydrogens is 418 g/mol. The van der Waals surface area contributed by atoms with Gasteiger partial charge in [-0.3, -0.25) is 4.79 Å². The number of unbranched alkanes of at least 4 members (excludes halogenated alkanes) is 18. The molecule has 0 bridgehead atoms. The number of carbonyl (C=O) groups is 1. The predicted molar refractivity (Wildman–Crippen MR) is 149 cm³/mol. The zero-order valence-corrected chi connectivity index (χ0v) is 22.3. The lowest BCUT2D eigenvalue weighted by Gasteiger charge is -2.07. The van der Waals surface area contributed by atoms with Crippen molar-refractivity contribution in [1.29, 1.82) is 0 Å². The average molecular weight is 472 g/mol. The highest BCUT2D eigenvalue weighted by molar-refractivity contribution is 5.90. The van der Waals surface area contributed by atoms with Gasteiger partial charge in [0.15, 0.2) is 0 Å². The molecule has 0 aliphatic carbocycles. The number of hydrogen-bond donors (Lipinski definition) is 1. The molecule has 1 aromatic carbocycles. The summed E-state index contributed by atoms with van der Waals surface area (Å²) in [6.45, 7) is 6.42. The molecule has 34 heavy (non-hydrogen) atoms. The highest BCUT2D eigenvalue weighted by Gasteiger charge is 2.03. The van der Waals surface area contributed by atoms with Crippen molar-refractivity contribution in [3.63, 3.8) is 0 Å². The fraction of sp³-hybridized carbons (Fsp3) is 0.710. The summed E-state index contributed by atoms with van der Waals surface area (Å²) in [6, 6.07) is 7.51. The minimum absolute atomic E-state index is 0.103. The zero-order chi connectivity index (χ0) is 24.5. The molecule has 0 unspecified atom stereocenters. The summed E-state index contributed by atoms with van der Waals surface area (Å²) in [5.74, 6) is 0.892. The first-order valence-corrected chi connectivity index (χ1v) is 14.4. The van der Waals surface area contributed by atoms with Crippen LogP contribution in [0.3, 0.4) is 0 Å². The number of amides is 1. The van der Waals surface area contributed by atoms with Crippen LogP contribution in [-0.2, 0) is 4.79 Å². The third-order valence-corrected chi connectivity index (χ3v) is 6.51. The quantitative estimate of drug-likeness (QED) is 0.120. The number of anilines is 1. The SMILES string of the molecule is C=CCOc1ccc(NC(=O)CCCCCCCCCCCCCCCCCCCCC)cc1. The molecule has 1 amide bonds. The molecule has 1 N–H and O–H groups in total. The van der Waals surface area contributed by atoms with E-state index in [4.69, 9.17) is 4.74 Å². The second kappa shape index (κ2) is 23.0. The van der Waals surface area contributed by atoms with Crippen molar-refractivity contribution in [1.82, 2.24) is 0 Å². The van der Waals surface area contributed by atoms with Gasteiger partial charge in [-0.15, -0.1) is 0 Å². The van der Waals surface area contributed by atoms with Crippen molar-refractivity contribution in [3.8, 4) is 5.75 Å². The smallest absolute Gasteiger partial charge is 0.224 e. The molecule has 0 fully saturated rings. The Morgan fingerprint density at radius 3 is 1.53 bits per heavy atom. The second-order valence-corrected chi connectivity index (χ2v) is 9.79. The Kier molecular flexibility index (Phi) is 20.5. The number of benzene rings is 1. The van der Waals surface area contributed by atoms with E-state index in [0.29, 0.717) is 13.0 Å². The maximum Gasteiger partial charge on any atom is 0.224 e. The first-order chi connectivity index (χ1) is 16.8. The molecule has 0 heterocycles. The van der Waals surface area contributed by atoms with Gasteiger partial charge in [-0.25, -0.2) is 0 Å². The van der Waals surface area contributed by atoms with Crippen LogP contribution in [0.15, 0.2) is 36.9 Å². The van der Waals surface area contributed by atoms with Crippen molar-refractivity contribution in [3.05, 3.63) is 36.9 Å². The van der Waals surface area contributed by atoms with Gasteiger partial charge in [0.05, 0.1) is 0 Å². The number of ether oxygens (including phenoxy) is 1. The molecule has 3 heteroatoms. The van der Waals surface area contributed by atoms with Crippen LogP contribution in [0, 0.1) is 0 Å². The summed E-state index contributed by atoms with van der Waals surface area (Å²) in [5, 5.41) is 2.97. The highest BCUT2D eigenvalue weighted by Crippen LogP contribution is 2.17. The standard InChI is InChI=1S/C31H53NO2/c1-3-5-6-7-8-9-10-11-12-13-14-15-16-17-18-19-20-21-22-23-31(33)32-29-24-26-30(27-25-29)34-28-4-2/h4,24-27H,2-3,5-23,28H2,1H3,(H,32,33). The molecule has 0 aliphatic rings. The van der Waals surface area contributed by atoms with Crippen LogP contribution in [0.4, 0.5) is 5.69 Å². The monoisotopic (exact) mass is 471 g/mol. The van der Waals surface area contributed by atoms with Gasteiger partial charge in [0.25, 0.3) is 0 Å². The first-order valence-electron chi connectivity index (χ1n) is 14.4. The lowest BCUT2D eigenvalue weighted by atomic mass is 10.0. The van der Waals surface area contributed by atoms with E-state index in [2.05, 4.69) is 18.8 Å². The molecule has 0 saturated carbocycles. The largest absolute Gasteiger partial charge is 0.490 e. The summed E-state index contributed by atoms with van der Waals surface area (Å²) in [5.41, 5.74) is 0.828. The Hall–Kier alpha value is -1.77. The number of rotatable bonds is 24. The van der Waals surface area contributed by atoms with Crippen molar-refractivity contribution in [2.45, 2.75) is 135 Å². The molecule has 194 valence electrons. The van der Waals surface area contributed by atoms with Gasteiger partial charge in [-0.05, 0) is 30.7 Å². The summed E-state index contributed by atoms with van der Waals surface area (Å²) in [7, 11) is 0. The Bertz CT molecular complexity index is 596. The maximum absolute atomic E-state index is 12.1. The van der Waals surface area contributed by atoms with Crippen LogP contribution in [0.25, 0.3) is 0 Å². The zero-order valence-electron chi connectivity index (χ0n) is 22.3. The van der Waals surface area contributed by atoms with Crippen LogP contribution in [0.2, 0.25) is 0 Å². The first kappa shape index (κ1) is 30.3. The molecule has 3 nitrogen and oxygen atoms in total. The van der Waals surface area contributed by atoms with E-state index in [0.717, 1.165) is 24.3 Å². The maximum atomic E-state index is 12.1. The highest BCUT2D eigenvalue weighted by atomic mass is 16.5. The van der Waals surface area contributed by atoms with Crippen LogP contribution in [-0.4, -0.2) is 12.5 Å². The van der Waals surface area contributed by atoms with Crippen LogP contribution >= 0.6 is 0 Å². The summed E-state index contributed by atoms with van der Waals surface area (Å²) >= 11 is 0. The second-order valence-electron chi connectivity index (χ2n) is 9.79. The summed E-state index contributed by atoms with van der Waals surface area (Å²) < 4.78 is 5.46. The van der Waals surface area contributed by atoms with Crippen molar-refractivity contribution >= 4 is 11.6 Å². The Labute approximate surface area is 211 Å². The van der Waals surface area contributed by atoms with Gasteiger partial charge in [0.1, 0.15) is 12.4 Å². The summed E-state index contributed by atoms with van der Waals surface area (Å²) in [4.78, 5) is 12.1. The molecule has 0 saturated heterocycles. The van der Waals surface area contributed by atoms with Gasteiger partial charge in [0, 0.05) is 12.1 Å². The minimum Gasteiger partial charge on any atom is -0.490 e. The van der Waals surface area contributed by atoms with E-state index in [1.165, 1.54) is 109 Å². The van der Waals surface area contributed by atoms with Crippen molar-refractivity contribution in [2.24, 2.45) is 0 Å². The molecule has 0 aliphatic heterocycles. The summed E-state index contributed by atoms with van der Waals surface area (Å²) in [6.07, 6.45) is 28.3. The van der Waals surface area contributed by atoms with Crippen molar-refractivity contribution in [2.75, 3.05) is 11.9 Å². The molecule has 1 aromatic rings. The van der Waals surface area contributed by atoms with Crippen LogP contribution < -0.4 is 10.1 Å². The minimum atomic E-state index is 0.103. The molecule has 0 aromatic heterocycles. The lowest BCUT2D eigenvalue weighted by Crippen LogP contribution is -2.10. The van der Waals surface area contributed by atoms with E-state index in [-0.39, 0.29) is 5.91 Å². The average Bonchev–Trinajstić information content (AvgIpc) is 2.85. The van der Waals surface area contributed by atoms with Gasteiger partial charge >= 0.3 is 0 Å². The van der Waals surface area contributed by atoms with Crippen molar-refractivity contribution < 1.29 is 9.53 Å². The van der Waals surface area contributed by atoms with E-state index in [1.54, 1.807) is 6.08 Å². The molecule has 1 rings (SSSR count). The van der Waals surface area contributed by atoms with E-state index < -0.39 is 0 Å². The van der Waals surface area contributed by atoms with Gasteiger partial charge < -0.3 is 10.1 Å². The number of hydrogen-bond acceptors (Lipinski definition) is 2. The van der Waals surface area contributed by atoms with Crippen LogP contribution in [0.5, 0.6) is 5.75 Å². The van der Waals surface area contributed by atoms with E-state index >= 15 is 0 Å². The van der Waals surface area contributed by atoms with Gasteiger partial charge in [-0.2, -0.15) is 0 Å². The Morgan fingerprint density at radius 2 is 1.12 bits per heavy atom. The van der Waals surface area contributed by atoms with Crippen LogP contribution in [0.1, 0.15) is 135 Å². The molecule has 0 radical (unpaired) electrons. The Balaban J connectivity index is 1.81. The normalized spacial score (nSPS) is 10.9. The fourth-order valence-electron chi connectivity index (χ4n) is 4.38. The number of carbonyl (C=O) groups excluding carboxylic acids is 1. The topological polar surface area (TPSA) is 38.3 Å². The molecular formula is C31H53NO2.